The third-order valence-electron chi connectivity index (χ3n) is 4.41. The van der Waals surface area contributed by atoms with Crippen LogP contribution in [0.5, 0.6) is 5.75 Å². The van der Waals surface area contributed by atoms with Crippen molar-refractivity contribution in [3.05, 3.63) is 99.8 Å². The molecule has 0 aliphatic rings. The molecule has 0 spiro atoms. The summed E-state index contributed by atoms with van der Waals surface area (Å²) < 4.78 is 19.4. The molecule has 0 radical (unpaired) electrons. The maximum Gasteiger partial charge on any atom is 0.337 e. The first kappa shape index (κ1) is 22.5. The van der Waals surface area contributed by atoms with Crippen molar-refractivity contribution < 1.29 is 23.8 Å². The SMILES string of the molecule is N#C/C(=C\c1ccc(OCc2c(F)cccc2Cl)cc1)C(=O)Nc1ccccc1C(=O)O. The fourth-order valence-corrected chi connectivity index (χ4v) is 2.99. The molecule has 0 aromatic heterocycles. The molecule has 32 heavy (non-hydrogen) atoms. The second-order valence-corrected chi connectivity index (χ2v) is 6.94. The van der Waals surface area contributed by atoms with Gasteiger partial charge in [-0.2, -0.15) is 5.26 Å². The molecule has 3 aromatic carbocycles. The number of nitriles is 1. The molecule has 1 amide bonds. The smallest absolute Gasteiger partial charge is 0.337 e. The molecule has 0 saturated carbocycles. The molecule has 0 atom stereocenters. The van der Waals surface area contributed by atoms with Gasteiger partial charge in [0.15, 0.2) is 0 Å². The lowest BCUT2D eigenvalue weighted by atomic mass is 10.1. The maximum atomic E-state index is 13.8. The summed E-state index contributed by atoms with van der Waals surface area (Å²) in [5.41, 5.74) is 0.566. The number of hydrogen-bond acceptors (Lipinski definition) is 4. The summed E-state index contributed by atoms with van der Waals surface area (Å²) in [6.07, 6.45) is 1.36. The van der Waals surface area contributed by atoms with E-state index in [1.54, 1.807) is 36.4 Å². The molecule has 0 aliphatic heterocycles. The number of anilines is 1. The Morgan fingerprint density at radius 3 is 2.47 bits per heavy atom. The van der Waals surface area contributed by atoms with E-state index in [-0.39, 0.29) is 34.0 Å². The van der Waals surface area contributed by atoms with Gasteiger partial charge in [0.05, 0.1) is 16.3 Å². The van der Waals surface area contributed by atoms with Crippen LogP contribution >= 0.6 is 11.6 Å². The number of ether oxygens (including phenoxy) is 1. The van der Waals surface area contributed by atoms with Crippen molar-refractivity contribution in [1.29, 1.82) is 5.26 Å². The van der Waals surface area contributed by atoms with Crippen LogP contribution in [0, 0.1) is 17.1 Å². The number of aromatic carboxylic acids is 1. The molecule has 0 bridgehead atoms. The quantitative estimate of drug-likeness (QED) is 0.375. The lowest BCUT2D eigenvalue weighted by molar-refractivity contribution is -0.112. The zero-order valence-corrected chi connectivity index (χ0v) is 17.3. The van der Waals surface area contributed by atoms with Gasteiger partial charge in [-0.1, -0.05) is 41.9 Å². The van der Waals surface area contributed by atoms with E-state index in [0.29, 0.717) is 11.3 Å². The van der Waals surface area contributed by atoms with Crippen molar-refractivity contribution in [2.45, 2.75) is 6.61 Å². The van der Waals surface area contributed by atoms with Gasteiger partial charge in [-0.25, -0.2) is 9.18 Å². The fourth-order valence-electron chi connectivity index (χ4n) is 2.77. The second-order valence-electron chi connectivity index (χ2n) is 6.53. The second kappa shape index (κ2) is 10.2. The highest BCUT2D eigenvalue weighted by molar-refractivity contribution is 6.31. The summed E-state index contributed by atoms with van der Waals surface area (Å²) in [6.45, 7) is -0.0600. The van der Waals surface area contributed by atoms with Crippen molar-refractivity contribution in [2.24, 2.45) is 0 Å². The van der Waals surface area contributed by atoms with Crippen molar-refractivity contribution in [1.82, 2.24) is 0 Å². The van der Waals surface area contributed by atoms with E-state index in [9.17, 15) is 24.3 Å². The van der Waals surface area contributed by atoms with Crippen LogP contribution in [-0.4, -0.2) is 17.0 Å². The van der Waals surface area contributed by atoms with Gasteiger partial charge in [-0.15, -0.1) is 0 Å². The number of halogens is 2. The molecule has 0 saturated heterocycles. The van der Waals surface area contributed by atoms with E-state index in [0.717, 1.165) is 0 Å². The largest absolute Gasteiger partial charge is 0.489 e. The van der Waals surface area contributed by atoms with E-state index in [1.165, 1.54) is 36.4 Å². The molecular weight excluding hydrogens is 435 g/mol. The first-order valence-electron chi connectivity index (χ1n) is 9.30. The minimum Gasteiger partial charge on any atom is -0.489 e. The third-order valence-corrected chi connectivity index (χ3v) is 4.76. The molecule has 0 aliphatic carbocycles. The molecule has 3 aromatic rings. The van der Waals surface area contributed by atoms with Crippen LogP contribution in [0.15, 0.2) is 72.3 Å². The Balaban J connectivity index is 1.71. The number of nitrogens with zero attached hydrogens (tertiary/aromatic N) is 1. The molecule has 6 nitrogen and oxygen atoms in total. The first-order chi connectivity index (χ1) is 15.4. The number of para-hydroxylation sites is 1. The van der Waals surface area contributed by atoms with Gasteiger partial charge >= 0.3 is 5.97 Å². The Bertz CT molecular complexity index is 1210. The van der Waals surface area contributed by atoms with Crippen molar-refractivity contribution in [3.8, 4) is 11.8 Å². The van der Waals surface area contributed by atoms with E-state index < -0.39 is 17.7 Å². The van der Waals surface area contributed by atoms with Crippen molar-refractivity contribution in [3.63, 3.8) is 0 Å². The van der Waals surface area contributed by atoms with Crippen LogP contribution in [0.3, 0.4) is 0 Å². The number of benzene rings is 3. The number of carbonyl (C=O) groups is 2. The zero-order valence-electron chi connectivity index (χ0n) is 16.5. The van der Waals surface area contributed by atoms with E-state index in [2.05, 4.69) is 5.32 Å². The highest BCUT2D eigenvalue weighted by Crippen LogP contribution is 2.22. The number of carbonyl (C=O) groups excluding carboxylic acids is 1. The van der Waals surface area contributed by atoms with Crippen LogP contribution in [0.25, 0.3) is 6.08 Å². The predicted octanol–water partition coefficient (Wildman–Crippen LogP) is 5.30. The van der Waals surface area contributed by atoms with Gasteiger partial charge < -0.3 is 15.2 Å². The minimum atomic E-state index is -1.20. The molecule has 0 fully saturated rings. The summed E-state index contributed by atoms with van der Waals surface area (Å²) in [4.78, 5) is 23.7. The summed E-state index contributed by atoms with van der Waals surface area (Å²) in [6, 6.07) is 18.5. The number of hydrogen-bond donors (Lipinski definition) is 2. The highest BCUT2D eigenvalue weighted by Gasteiger charge is 2.15. The molecule has 0 unspecified atom stereocenters. The Labute approximate surface area is 188 Å². The van der Waals surface area contributed by atoms with Gasteiger partial charge in [-0.3, -0.25) is 4.79 Å². The fraction of sp³-hybridized carbons (Fsp3) is 0.0417. The Morgan fingerprint density at radius 2 is 1.81 bits per heavy atom. The Morgan fingerprint density at radius 1 is 1.09 bits per heavy atom. The maximum absolute atomic E-state index is 13.8. The number of rotatable bonds is 7. The van der Waals surface area contributed by atoms with E-state index >= 15 is 0 Å². The molecule has 160 valence electrons. The number of carboxylic acid groups (broad SMARTS) is 1. The zero-order chi connectivity index (χ0) is 23.1. The molecule has 3 rings (SSSR count). The van der Waals surface area contributed by atoms with Crippen LogP contribution in [-0.2, 0) is 11.4 Å². The van der Waals surface area contributed by atoms with E-state index in [1.807, 2.05) is 6.07 Å². The summed E-state index contributed by atoms with van der Waals surface area (Å²) in [5.74, 6) is -1.96. The summed E-state index contributed by atoms with van der Waals surface area (Å²) in [7, 11) is 0. The van der Waals surface area contributed by atoms with E-state index in [4.69, 9.17) is 16.3 Å². The molecule has 0 heterocycles. The molecular formula is C24H16ClFN2O4. The predicted molar refractivity (Wildman–Crippen MR) is 118 cm³/mol. The van der Waals surface area contributed by atoms with Gasteiger partial charge in [0, 0.05) is 5.56 Å². The molecule has 8 heteroatoms. The minimum absolute atomic E-state index is 0.0600. The van der Waals surface area contributed by atoms with Crippen LogP contribution in [0.1, 0.15) is 21.5 Å². The topological polar surface area (TPSA) is 99.4 Å². The standard InChI is InChI=1S/C24H16ClFN2O4/c25-20-5-3-6-21(26)19(20)14-32-17-10-8-15(9-11-17)12-16(13-27)23(29)28-22-7-2-1-4-18(22)24(30)31/h1-12H,14H2,(H,28,29)(H,30,31)/b16-12+. The van der Waals surface area contributed by atoms with Gasteiger partial charge in [0.1, 0.15) is 29.8 Å². The summed E-state index contributed by atoms with van der Waals surface area (Å²) >= 11 is 5.98. The lowest BCUT2D eigenvalue weighted by Gasteiger charge is -2.09. The monoisotopic (exact) mass is 450 g/mol. The van der Waals surface area contributed by atoms with Crippen LogP contribution < -0.4 is 10.1 Å². The third kappa shape index (κ3) is 5.50. The first-order valence-corrected chi connectivity index (χ1v) is 9.68. The Hall–Kier alpha value is -4.15. The van der Waals surface area contributed by atoms with Gasteiger partial charge in [0.25, 0.3) is 5.91 Å². The van der Waals surface area contributed by atoms with Crippen LogP contribution in [0.4, 0.5) is 10.1 Å². The van der Waals surface area contributed by atoms with Crippen LogP contribution in [0.2, 0.25) is 5.02 Å². The number of nitrogens with one attached hydrogen (secondary N) is 1. The van der Waals surface area contributed by atoms with Crippen molar-refractivity contribution >= 4 is 35.2 Å². The average molecular weight is 451 g/mol. The van der Waals surface area contributed by atoms with Gasteiger partial charge in [-0.05, 0) is 48.0 Å². The van der Waals surface area contributed by atoms with Gasteiger partial charge in [0.2, 0.25) is 0 Å². The van der Waals surface area contributed by atoms with Crippen molar-refractivity contribution in [2.75, 3.05) is 5.32 Å². The molecule has 2 N–H and O–H groups in total. The Kier molecular flexibility index (Phi) is 7.21. The number of carboxylic acids is 1. The highest BCUT2D eigenvalue weighted by atomic mass is 35.5. The average Bonchev–Trinajstić information content (AvgIpc) is 2.78. The normalized spacial score (nSPS) is 10.8. The summed E-state index contributed by atoms with van der Waals surface area (Å²) in [5, 5.41) is 21.3. The lowest BCUT2D eigenvalue weighted by Crippen LogP contribution is -2.16. The number of amides is 1.